The number of rotatable bonds is 10. The van der Waals surface area contributed by atoms with Gasteiger partial charge in [0.2, 0.25) is 10.0 Å². The van der Waals surface area contributed by atoms with Crippen molar-refractivity contribution in [3.8, 4) is 11.5 Å². The maximum atomic E-state index is 13.0. The zero-order chi connectivity index (χ0) is 27.8. The maximum absolute atomic E-state index is 13.0. The van der Waals surface area contributed by atoms with Gasteiger partial charge in [0.05, 0.1) is 6.26 Å². The van der Waals surface area contributed by atoms with Crippen LogP contribution in [-0.4, -0.2) is 55.7 Å². The molecule has 4 rings (SSSR count). The molecule has 0 bridgehead atoms. The van der Waals surface area contributed by atoms with E-state index in [-0.39, 0.29) is 18.1 Å². The van der Waals surface area contributed by atoms with Gasteiger partial charge in [0.15, 0.2) is 0 Å². The normalized spacial score (nSPS) is 14.7. The Hall–Kier alpha value is -3.56. The van der Waals surface area contributed by atoms with Crippen LogP contribution in [0.4, 0.5) is 10.5 Å². The van der Waals surface area contributed by atoms with Gasteiger partial charge in [-0.15, -0.1) is 0 Å². The summed E-state index contributed by atoms with van der Waals surface area (Å²) in [4.78, 5) is 17.5. The van der Waals surface area contributed by atoms with Gasteiger partial charge in [-0.3, -0.25) is 9.62 Å². The summed E-state index contributed by atoms with van der Waals surface area (Å²) in [5, 5.41) is 3.08. The molecule has 0 aliphatic carbocycles. The molecule has 1 aliphatic rings. The van der Waals surface area contributed by atoms with Crippen LogP contribution in [0.3, 0.4) is 0 Å². The van der Waals surface area contributed by atoms with Crippen LogP contribution in [0.5, 0.6) is 11.5 Å². The Balaban J connectivity index is 1.29. The van der Waals surface area contributed by atoms with E-state index in [4.69, 9.17) is 4.74 Å². The van der Waals surface area contributed by atoms with E-state index in [0.29, 0.717) is 23.7 Å². The molecule has 1 aliphatic heterocycles. The molecule has 0 saturated carbocycles. The fraction of sp³-hybridized carbons (Fsp3) is 0.367. The summed E-state index contributed by atoms with van der Waals surface area (Å²) in [5.41, 5.74) is 2.84. The first-order valence-corrected chi connectivity index (χ1v) is 15.2. The number of nitrogens with one attached hydrogen (secondary N) is 2. The second-order valence-corrected chi connectivity index (χ2v) is 12.1. The van der Waals surface area contributed by atoms with Gasteiger partial charge in [-0.25, -0.2) is 13.2 Å². The molecule has 1 saturated heterocycles. The van der Waals surface area contributed by atoms with Crippen LogP contribution >= 0.6 is 0 Å². The molecule has 3 aromatic carbocycles. The van der Waals surface area contributed by atoms with Crippen LogP contribution in [0.1, 0.15) is 37.8 Å². The highest BCUT2D eigenvalue weighted by molar-refractivity contribution is 7.92. The first kappa shape index (κ1) is 28.4. The molecule has 1 heterocycles. The number of sulfonamides is 1. The molecule has 208 valence electrons. The Morgan fingerprint density at radius 2 is 1.51 bits per heavy atom. The number of amides is 2. The first-order valence-electron chi connectivity index (χ1n) is 13.3. The lowest BCUT2D eigenvalue weighted by molar-refractivity contribution is 0.112. The topological polar surface area (TPSA) is 91.0 Å². The molecule has 2 amide bonds. The van der Waals surface area contributed by atoms with Crippen LogP contribution in [0, 0.1) is 0 Å². The lowest BCUT2D eigenvalue weighted by Gasteiger charge is -2.39. The number of piperidine rings is 1. The van der Waals surface area contributed by atoms with E-state index >= 15 is 0 Å². The predicted octanol–water partition coefficient (Wildman–Crippen LogP) is 5.44. The van der Waals surface area contributed by atoms with Gasteiger partial charge in [-0.1, -0.05) is 42.5 Å². The van der Waals surface area contributed by atoms with Crippen LogP contribution in [0.2, 0.25) is 0 Å². The van der Waals surface area contributed by atoms with Crippen molar-refractivity contribution in [3.63, 3.8) is 0 Å². The molecule has 0 aromatic heterocycles. The lowest BCUT2D eigenvalue weighted by Crippen LogP contribution is -2.51. The van der Waals surface area contributed by atoms with E-state index in [0.717, 1.165) is 44.3 Å². The number of nitrogens with zero attached hydrogens (tertiary/aromatic N) is 2. The second-order valence-electron chi connectivity index (χ2n) is 10.4. The van der Waals surface area contributed by atoms with Gasteiger partial charge >= 0.3 is 6.03 Å². The first-order chi connectivity index (χ1) is 18.6. The highest BCUT2D eigenvalue weighted by Gasteiger charge is 2.28. The van der Waals surface area contributed by atoms with Gasteiger partial charge in [-0.2, -0.15) is 0 Å². The SMILES string of the molecule is CC(C)NC(=O)N(Cc1ccccc1)C1CCN(Cc2ccc(Oc3ccc(NS(C)(=O)=O)cc3)cc2)CC1. The molecule has 0 spiro atoms. The van der Waals surface area contributed by atoms with Gasteiger partial charge in [0.25, 0.3) is 0 Å². The second kappa shape index (κ2) is 13.0. The standard InChI is InChI=1S/C30H38N4O4S/c1-23(2)31-30(35)34(22-24-7-5-4-6-8-24)27-17-19-33(20-18-27)21-25-9-13-28(14-10-25)38-29-15-11-26(12-16-29)32-39(3,36)37/h4-16,23,27,32H,17-22H2,1-3H3,(H,31,35). The number of benzene rings is 3. The molecule has 9 heteroatoms. The smallest absolute Gasteiger partial charge is 0.318 e. The Bertz CT molecular complexity index is 1310. The number of hydrogen-bond acceptors (Lipinski definition) is 5. The molecule has 0 unspecified atom stereocenters. The monoisotopic (exact) mass is 550 g/mol. The number of urea groups is 1. The molecule has 0 radical (unpaired) electrons. The maximum Gasteiger partial charge on any atom is 0.318 e. The van der Waals surface area contributed by atoms with Crippen molar-refractivity contribution in [1.82, 2.24) is 15.1 Å². The number of carbonyl (C=O) groups excluding carboxylic acids is 1. The highest BCUT2D eigenvalue weighted by atomic mass is 32.2. The fourth-order valence-corrected chi connectivity index (χ4v) is 5.29. The number of carbonyl (C=O) groups is 1. The summed E-state index contributed by atoms with van der Waals surface area (Å²) in [7, 11) is -3.31. The van der Waals surface area contributed by atoms with E-state index in [9.17, 15) is 13.2 Å². The van der Waals surface area contributed by atoms with E-state index < -0.39 is 10.0 Å². The van der Waals surface area contributed by atoms with Crippen molar-refractivity contribution < 1.29 is 17.9 Å². The van der Waals surface area contributed by atoms with E-state index in [1.165, 1.54) is 5.56 Å². The number of hydrogen-bond donors (Lipinski definition) is 2. The third-order valence-electron chi connectivity index (χ3n) is 6.59. The zero-order valence-electron chi connectivity index (χ0n) is 22.8. The molecule has 0 atom stereocenters. The van der Waals surface area contributed by atoms with Crippen molar-refractivity contribution in [1.29, 1.82) is 0 Å². The third kappa shape index (κ3) is 9.01. The van der Waals surface area contributed by atoms with Crippen molar-refractivity contribution in [3.05, 3.63) is 90.0 Å². The van der Waals surface area contributed by atoms with Gasteiger partial charge < -0.3 is 15.0 Å². The van der Waals surface area contributed by atoms with Crippen molar-refractivity contribution in [2.75, 3.05) is 24.1 Å². The Morgan fingerprint density at radius 1 is 0.923 bits per heavy atom. The zero-order valence-corrected chi connectivity index (χ0v) is 23.7. The molecule has 1 fully saturated rings. The van der Waals surface area contributed by atoms with Crippen LogP contribution in [0.15, 0.2) is 78.9 Å². The number of ether oxygens (including phenoxy) is 1. The van der Waals surface area contributed by atoms with Gasteiger partial charge in [-0.05, 0) is 74.2 Å². The van der Waals surface area contributed by atoms with Crippen molar-refractivity contribution >= 4 is 21.7 Å². The van der Waals surface area contributed by atoms with Gasteiger partial charge in [0, 0.05) is 44.0 Å². The minimum atomic E-state index is -3.31. The molecular weight excluding hydrogens is 512 g/mol. The highest BCUT2D eigenvalue weighted by Crippen LogP contribution is 2.25. The lowest BCUT2D eigenvalue weighted by atomic mass is 10.0. The summed E-state index contributed by atoms with van der Waals surface area (Å²) >= 11 is 0. The average Bonchev–Trinajstić information content (AvgIpc) is 2.89. The number of anilines is 1. The average molecular weight is 551 g/mol. The van der Waals surface area contributed by atoms with Crippen molar-refractivity contribution in [2.45, 2.75) is 51.9 Å². The quantitative estimate of drug-likeness (QED) is 0.351. The summed E-state index contributed by atoms with van der Waals surface area (Å²) < 4.78 is 31.1. The largest absolute Gasteiger partial charge is 0.457 e. The van der Waals surface area contributed by atoms with Crippen LogP contribution < -0.4 is 14.8 Å². The molecule has 2 N–H and O–H groups in total. The summed E-state index contributed by atoms with van der Waals surface area (Å²) in [6.45, 7) is 7.30. The Labute approximate surface area is 232 Å². The summed E-state index contributed by atoms with van der Waals surface area (Å²) in [6, 6.07) is 25.3. The van der Waals surface area contributed by atoms with Crippen molar-refractivity contribution in [2.24, 2.45) is 0 Å². The fourth-order valence-electron chi connectivity index (χ4n) is 4.73. The minimum Gasteiger partial charge on any atom is -0.457 e. The van der Waals surface area contributed by atoms with Crippen LogP contribution in [-0.2, 0) is 23.1 Å². The van der Waals surface area contributed by atoms with Gasteiger partial charge in [0.1, 0.15) is 11.5 Å². The third-order valence-corrected chi connectivity index (χ3v) is 7.20. The van der Waals surface area contributed by atoms with E-state index in [2.05, 4.69) is 39.2 Å². The molecule has 39 heavy (non-hydrogen) atoms. The molecule has 8 nitrogen and oxygen atoms in total. The summed E-state index contributed by atoms with van der Waals surface area (Å²) in [6.07, 6.45) is 2.99. The van der Waals surface area contributed by atoms with E-state index in [1.807, 2.05) is 49.1 Å². The van der Waals surface area contributed by atoms with Crippen LogP contribution in [0.25, 0.3) is 0 Å². The molecule has 3 aromatic rings. The Kier molecular flexibility index (Phi) is 9.48. The summed E-state index contributed by atoms with van der Waals surface area (Å²) in [5.74, 6) is 1.35. The van der Waals surface area contributed by atoms with E-state index in [1.54, 1.807) is 24.3 Å². The Morgan fingerprint density at radius 3 is 2.08 bits per heavy atom. The minimum absolute atomic E-state index is 0.00388. The molecular formula is C30H38N4O4S. The predicted molar refractivity (Wildman–Crippen MR) is 155 cm³/mol. The number of likely N-dealkylation sites (tertiary alicyclic amines) is 1.